The van der Waals surface area contributed by atoms with Crippen molar-refractivity contribution in [3.8, 4) is 0 Å². The summed E-state index contributed by atoms with van der Waals surface area (Å²) in [5.41, 5.74) is 9.07. The van der Waals surface area contributed by atoms with E-state index < -0.39 is 0 Å². The Morgan fingerprint density at radius 3 is 2.90 bits per heavy atom. The molecule has 3 aromatic heterocycles. The Bertz CT molecular complexity index is 1030. The second-order valence-corrected chi connectivity index (χ2v) is 9.33. The van der Waals surface area contributed by atoms with Gasteiger partial charge >= 0.3 is 0 Å². The van der Waals surface area contributed by atoms with Crippen LogP contribution in [0.4, 0.5) is 5.69 Å². The molecular weight excluding hydrogens is 382 g/mol. The van der Waals surface area contributed by atoms with Gasteiger partial charge in [0.25, 0.3) is 5.91 Å². The van der Waals surface area contributed by atoms with Crippen molar-refractivity contribution in [3.05, 3.63) is 52.8 Å². The van der Waals surface area contributed by atoms with Gasteiger partial charge in [0.1, 0.15) is 9.71 Å². The van der Waals surface area contributed by atoms with E-state index in [4.69, 9.17) is 10.7 Å². The first-order chi connectivity index (χ1) is 13.9. The summed E-state index contributed by atoms with van der Waals surface area (Å²) < 4.78 is 0. The zero-order chi connectivity index (χ0) is 20.6. The Kier molecular flexibility index (Phi) is 5.27. The molecule has 2 N–H and O–H groups in total. The van der Waals surface area contributed by atoms with Crippen molar-refractivity contribution in [2.75, 3.05) is 32.9 Å². The number of aromatic nitrogens is 2. The fraction of sp³-hybridized carbons (Fsp3) is 0.409. The summed E-state index contributed by atoms with van der Waals surface area (Å²) in [6, 6.07) is 8.23. The average molecular weight is 410 g/mol. The maximum atomic E-state index is 12.4. The number of hydrogen-bond donors (Lipinski definition) is 1. The molecule has 1 amide bonds. The van der Waals surface area contributed by atoms with Crippen molar-refractivity contribution in [1.29, 1.82) is 0 Å². The minimum atomic E-state index is -0.0708. The van der Waals surface area contributed by atoms with Gasteiger partial charge in [-0.1, -0.05) is 13.0 Å². The van der Waals surface area contributed by atoms with Gasteiger partial charge in [-0.2, -0.15) is 0 Å². The van der Waals surface area contributed by atoms with Crippen molar-refractivity contribution in [2.24, 2.45) is 0 Å². The van der Waals surface area contributed by atoms with Gasteiger partial charge in [-0.15, -0.1) is 11.3 Å². The molecule has 0 aliphatic carbocycles. The first-order valence-electron chi connectivity index (χ1n) is 9.90. The summed E-state index contributed by atoms with van der Waals surface area (Å²) >= 11 is 1.39. The lowest BCUT2D eigenvalue weighted by Crippen LogP contribution is -2.44. The van der Waals surface area contributed by atoms with E-state index in [1.165, 1.54) is 16.9 Å². The predicted octanol–water partition coefficient (Wildman–Crippen LogP) is 3.53. The Labute approximate surface area is 175 Å². The van der Waals surface area contributed by atoms with Crippen LogP contribution in [-0.4, -0.2) is 52.9 Å². The number of amides is 1. The molecule has 152 valence electrons. The van der Waals surface area contributed by atoms with Crippen molar-refractivity contribution >= 4 is 33.1 Å². The highest BCUT2D eigenvalue weighted by Crippen LogP contribution is 2.38. The maximum Gasteiger partial charge on any atom is 0.265 e. The molecule has 1 fully saturated rings. The van der Waals surface area contributed by atoms with Gasteiger partial charge in [-0.25, -0.2) is 4.98 Å². The second kappa shape index (κ2) is 7.72. The molecule has 7 heteroatoms. The molecule has 1 aliphatic heterocycles. The molecule has 1 atom stereocenters. The van der Waals surface area contributed by atoms with Gasteiger partial charge in [0.05, 0.1) is 5.69 Å². The van der Waals surface area contributed by atoms with Crippen molar-refractivity contribution in [2.45, 2.75) is 31.7 Å². The zero-order valence-corrected chi connectivity index (χ0v) is 18.0. The number of carbonyl (C=O) groups is 1. The molecule has 0 unspecified atom stereocenters. The smallest absolute Gasteiger partial charge is 0.265 e. The van der Waals surface area contributed by atoms with Crippen LogP contribution in [0.5, 0.6) is 0 Å². The molecule has 4 heterocycles. The van der Waals surface area contributed by atoms with Crippen LogP contribution in [0.3, 0.4) is 0 Å². The molecule has 6 nitrogen and oxygen atoms in total. The molecule has 3 aromatic rings. The maximum absolute atomic E-state index is 12.4. The number of nitrogen functional groups attached to an aromatic ring is 1. The van der Waals surface area contributed by atoms with Crippen LogP contribution in [-0.2, 0) is 12.0 Å². The monoisotopic (exact) mass is 409 g/mol. The Hall–Kier alpha value is -2.51. The molecule has 0 radical (unpaired) electrons. The summed E-state index contributed by atoms with van der Waals surface area (Å²) in [5, 5.41) is 0.871. The molecular formula is C22H27N5OS. The molecule has 0 bridgehead atoms. The molecule has 1 saturated heterocycles. The van der Waals surface area contributed by atoms with E-state index >= 15 is 0 Å². The van der Waals surface area contributed by atoms with E-state index in [1.54, 1.807) is 19.0 Å². The van der Waals surface area contributed by atoms with E-state index in [0.717, 1.165) is 48.4 Å². The van der Waals surface area contributed by atoms with Crippen LogP contribution >= 0.6 is 11.3 Å². The second-order valence-electron chi connectivity index (χ2n) is 8.33. The first-order valence-corrected chi connectivity index (χ1v) is 10.7. The fourth-order valence-corrected chi connectivity index (χ4v) is 5.25. The summed E-state index contributed by atoms with van der Waals surface area (Å²) in [6.07, 6.45) is 5.98. The standard InChI is InChI=1S/C22H27N5OS/c1-22(9-5-11-27(14-22)13-15-6-4-10-24-12-15)17-8-7-16-18(23)19(21(28)26(2)3)29-20(16)25-17/h4,6-8,10,12H,5,9,11,13-14,23H2,1-3H3/t22-/m1/s1. The minimum Gasteiger partial charge on any atom is -0.397 e. The number of hydrogen-bond acceptors (Lipinski definition) is 6. The normalized spacial score (nSPS) is 20.1. The third-order valence-electron chi connectivity index (χ3n) is 5.72. The summed E-state index contributed by atoms with van der Waals surface area (Å²) in [7, 11) is 3.48. The number of thiophene rings is 1. The Balaban J connectivity index is 1.61. The predicted molar refractivity (Wildman–Crippen MR) is 118 cm³/mol. The Morgan fingerprint density at radius 2 is 2.17 bits per heavy atom. The summed E-state index contributed by atoms with van der Waals surface area (Å²) in [6.45, 7) is 5.23. The van der Waals surface area contributed by atoms with E-state index in [-0.39, 0.29) is 11.3 Å². The van der Waals surface area contributed by atoms with Crippen LogP contribution in [0.25, 0.3) is 10.2 Å². The highest BCUT2D eigenvalue weighted by molar-refractivity contribution is 7.21. The van der Waals surface area contributed by atoms with Crippen molar-refractivity contribution in [1.82, 2.24) is 19.8 Å². The van der Waals surface area contributed by atoms with E-state index in [0.29, 0.717) is 10.6 Å². The van der Waals surface area contributed by atoms with Crippen LogP contribution in [0.1, 0.15) is 40.7 Å². The van der Waals surface area contributed by atoms with Gasteiger partial charge < -0.3 is 10.6 Å². The molecule has 0 aromatic carbocycles. The lowest BCUT2D eigenvalue weighted by atomic mass is 9.78. The van der Waals surface area contributed by atoms with Crippen LogP contribution in [0, 0.1) is 0 Å². The lowest BCUT2D eigenvalue weighted by molar-refractivity contribution is 0.0833. The molecule has 0 spiro atoms. The summed E-state index contributed by atoms with van der Waals surface area (Å²) in [5.74, 6) is -0.0708. The Morgan fingerprint density at radius 1 is 1.34 bits per heavy atom. The van der Waals surface area contributed by atoms with Crippen molar-refractivity contribution in [3.63, 3.8) is 0 Å². The number of pyridine rings is 2. The number of nitrogens with two attached hydrogens (primary N) is 1. The fourth-order valence-electron chi connectivity index (χ4n) is 4.13. The first kappa shape index (κ1) is 19.8. The van der Waals surface area contributed by atoms with Gasteiger partial charge in [0.15, 0.2) is 0 Å². The number of likely N-dealkylation sites (tertiary alicyclic amines) is 1. The number of piperidine rings is 1. The third-order valence-corrected chi connectivity index (χ3v) is 6.82. The average Bonchev–Trinajstić information content (AvgIpc) is 3.04. The molecule has 1 aliphatic rings. The number of carbonyl (C=O) groups excluding carboxylic acids is 1. The highest BCUT2D eigenvalue weighted by Gasteiger charge is 2.34. The minimum absolute atomic E-state index is 0.0286. The number of rotatable bonds is 4. The number of fused-ring (bicyclic) bond motifs is 1. The lowest BCUT2D eigenvalue weighted by Gasteiger charge is -2.40. The van der Waals surface area contributed by atoms with Gasteiger partial charge in [-0.05, 0) is 43.1 Å². The topological polar surface area (TPSA) is 75.4 Å². The van der Waals surface area contributed by atoms with Gasteiger partial charge in [0.2, 0.25) is 0 Å². The van der Waals surface area contributed by atoms with E-state index in [2.05, 4.69) is 28.9 Å². The van der Waals surface area contributed by atoms with Crippen LogP contribution in [0.2, 0.25) is 0 Å². The zero-order valence-electron chi connectivity index (χ0n) is 17.2. The number of anilines is 1. The van der Waals surface area contributed by atoms with Gasteiger partial charge in [0, 0.05) is 56.1 Å². The molecule has 29 heavy (non-hydrogen) atoms. The van der Waals surface area contributed by atoms with Crippen molar-refractivity contribution < 1.29 is 4.79 Å². The van der Waals surface area contributed by atoms with E-state index in [1.807, 2.05) is 24.5 Å². The quantitative estimate of drug-likeness (QED) is 0.713. The summed E-state index contributed by atoms with van der Waals surface area (Å²) in [4.78, 5) is 27.1. The molecule has 0 saturated carbocycles. The van der Waals surface area contributed by atoms with E-state index in [9.17, 15) is 4.79 Å². The largest absolute Gasteiger partial charge is 0.397 e. The SMILES string of the molecule is CN(C)C(=O)c1sc2nc([C@]3(C)CCCN(Cc4cccnc4)C3)ccc2c1N. The van der Waals surface area contributed by atoms with Crippen LogP contribution in [0.15, 0.2) is 36.7 Å². The van der Waals surface area contributed by atoms with Gasteiger partial charge in [-0.3, -0.25) is 14.7 Å². The third kappa shape index (κ3) is 3.84. The highest BCUT2D eigenvalue weighted by atomic mass is 32.1. The van der Waals surface area contributed by atoms with Crippen LogP contribution < -0.4 is 5.73 Å². The molecule has 4 rings (SSSR count). The number of nitrogens with zero attached hydrogens (tertiary/aromatic N) is 4.